The zero-order chi connectivity index (χ0) is 4.95. The molecule has 7 heavy (non-hydrogen) atoms. The second-order valence-corrected chi connectivity index (χ2v) is 2.29. The smallest absolute Gasteiger partial charge is 0.0326 e. The summed E-state index contributed by atoms with van der Waals surface area (Å²) >= 11 is 1.81. The maximum atomic E-state index is 3.94. The lowest BCUT2D eigenvalue weighted by molar-refractivity contribution is 1.35. The third-order valence-electron chi connectivity index (χ3n) is 0.713. The Morgan fingerprint density at radius 2 is 2.57 bits per heavy atom. The average molecular weight is 113 g/mol. The van der Waals surface area contributed by atoms with Gasteiger partial charge in [-0.05, 0) is 11.8 Å². The topological polar surface area (TPSA) is 12.4 Å². The minimum atomic E-state index is 1.11. The van der Waals surface area contributed by atoms with E-state index in [4.69, 9.17) is 0 Å². The van der Waals surface area contributed by atoms with Crippen molar-refractivity contribution in [3.8, 4) is 0 Å². The quantitative estimate of drug-likeness (QED) is 0.465. The molecule has 0 aromatic heterocycles. The summed E-state index contributed by atoms with van der Waals surface area (Å²) in [6, 6.07) is 0. The lowest BCUT2D eigenvalue weighted by atomic mass is 10.5. The summed E-state index contributed by atoms with van der Waals surface area (Å²) in [4.78, 5) is 3.94. The van der Waals surface area contributed by atoms with Crippen LogP contribution in [0.4, 0.5) is 0 Å². The molecule has 0 N–H and O–H groups in total. The molecule has 1 heterocycles. The summed E-state index contributed by atoms with van der Waals surface area (Å²) in [5.74, 6) is 1.18. The molecule has 1 aliphatic heterocycles. The highest BCUT2D eigenvalue weighted by Gasteiger charge is 1.82. The van der Waals surface area contributed by atoms with Crippen molar-refractivity contribution in [2.45, 2.75) is 6.42 Å². The Kier molecular flexibility index (Phi) is 2.00. The van der Waals surface area contributed by atoms with Gasteiger partial charge in [0.1, 0.15) is 0 Å². The van der Waals surface area contributed by atoms with Crippen LogP contribution in [-0.2, 0) is 0 Å². The fraction of sp³-hybridized carbons (Fsp3) is 0.400. The molecule has 0 aromatic rings. The minimum absolute atomic E-state index is 1.11. The van der Waals surface area contributed by atoms with Crippen LogP contribution in [0.5, 0.6) is 0 Å². The lowest BCUT2D eigenvalue weighted by Gasteiger charge is -1.80. The first kappa shape index (κ1) is 4.91. The number of hydrogen-bond donors (Lipinski definition) is 0. The highest BCUT2D eigenvalue weighted by Crippen LogP contribution is 2.05. The van der Waals surface area contributed by atoms with Gasteiger partial charge in [0.05, 0.1) is 0 Å². The maximum Gasteiger partial charge on any atom is 0.0326 e. The Balaban J connectivity index is 2.39. The van der Waals surface area contributed by atoms with Crippen molar-refractivity contribution in [3.05, 3.63) is 11.6 Å². The molecule has 0 spiro atoms. The van der Waals surface area contributed by atoms with Crippen molar-refractivity contribution >= 4 is 18.0 Å². The Morgan fingerprint density at radius 1 is 1.57 bits per heavy atom. The fourth-order valence-corrected chi connectivity index (χ4v) is 0.936. The zero-order valence-corrected chi connectivity index (χ0v) is 4.82. The molecule has 0 saturated heterocycles. The second-order valence-electron chi connectivity index (χ2n) is 1.28. The van der Waals surface area contributed by atoms with E-state index in [1.165, 1.54) is 5.75 Å². The van der Waals surface area contributed by atoms with Gasteiger partial charge in [0.2, 0.25) is 0 Å². The first-order valence-electron chi connectivity index (χ1n) is 2.28. The van der Waals surface area contributed by atoms with Crippen molar-refractivity contribution in [2.24, 2.45) is 4.99 Å². The summed E-state index contributed by atoms with van der Waals surface area (Å²) in [5.41, 5.74) is 0. The van der Waals surface area contributed by atoms with Crippen LogP contribution in [-0.4, -0.2) is 12.0 Å². The molecule has 0 aromatic carbocycles. The first-order valence-corrected chi connectivity index (χ1v) is 3.33. The van der Waals surface area contributed by atoms with Crippen LogP contribution in [0, 0.1) is 0 Å². The van der Waals surface area contributed by atoms with Gasteiger partial charge in [0.25, 0.3) is 0 Å². The number of nitrogens with zero attached hydrogens (tertiary/aromatic N) is 1. The highest BCUT2D eigenvalue weighted by molar-refractivity contribution is 8.02. The Morgan fingerprint density at radius 3 is 3.57 bits per heavy atom. The van der Waals surface area contributed by atoms with Crippen LogP contribution >= 0.6 is 11.8 Å². The number of rotatable bonds is 0. The molecular weight excluding hydrogens is 106 g/mol. The summed E-state index contributed by atoms with van der Waals surface area (Å²) in [5, 5.41) is 2.02. The molecule has 0 fully saturated rings. The number of aliphatic imine (C=N–C) groups is 1. The largest absolute Gasteiger partial charge is 0.269 e. The third-order valence-corrected chi connectivity index (χ3v) is 1.50. The van der Waals surface area contributed by atoms with Gasteiger partial charge in [-0.15, -0.1) is 11.8 Å². The van der Waals surface area contributed by atoms with Gasteiger partial charge in [0.15, 0.2) is 0 Å². The molecule has 1 aliphatic rings. The Bertz CT molecular complexity index is 84.3. The normalized spacial score (nSPS) is 19.4. The first-order chi connectivity index (χ1) is 3.50. The summed E-state index contributed by atoms with van der Waals surface area (Å²) in [7, 11) is 0. The summed E-state index contributed by atoms with van der Waals surface area (Å²) in [6.45, 7) is 0. The van der Waals surface area contributed by atoms with Crippen molar-refractivity contribution in [2.75, 3.05) is 5.75 Å². The SMILES string of the molecule is C1=CSCCC=N1. The summed E-state index contributed by atoms with van der Waals surface area (Å²) in [6.07, 6.45) is 4.88. The second kappa shape index (κ2) is 2.86. The fourth-order valence-electron chi connectivity index (χ4n) is 0.402. The predicted octanol–water partition coefficient (Wildman–Crippen LogP) is 1.67. The minimum Gasteiger partial charge on any atom is -0.269 e. The molecule has 0 radical (unpaired) electrons. The average Bonchev–Trinajstić information content (AvgIpc) is 1.90. The third kappa shape index (κ3) is 1.78. The van der Waals surface area contributed by atoms with Crippen molar-refractivity contribution < 1.29 is 0 Å². The maximum absolute atomic E-state index is 3.94. The van der Waals surface area contributed by atoms with Gasteiger partial charge in [-0.25, -0.2) is 0 Å². The zero-order valence-electron chi connectivity index (χ0n) is 4.00. The van der Waals surface area contributed by atoms with E-state index >= 15 is 0 Å². The highest BCUT2D eigenvalue weighted by atomic mass is 32.2. The van der Waals surface area contributed by atoms with Crippen LogP contribution in [0.15, 0.2) is 16.6 Å². The van der Waals surface area contributed by atoms with Crippen LogP contribution < -0.4 is 0 Å². The molecular formula is C5H7NS. The van der Waals surface area contributed by atoms with E-state index in [-0.39, 0.29) is 0 Å². The van der Waals surface area contributed by atoms with E-state index in [0.717, 1.165) is 6.42 Å². The molecule has 0 saturated carbocycles. The van der Waals surface area contributed by atoms with E-state index in [9.17, 15) is 0 Å². The van der Waals surface area contributed by atoms with Crippen LogP contribution in [0.25, 0.3) is 0 Å². The van der Waals surface area contributed by atoms with Gasteiger partial charge in [-0.2, -0.15) is 0 Å². The van der Waals surface area contributed by atoms with Crippen molar-refractivity contribution in [1.29, 1.82) is 0 Å². The summed E-state index contributed by atoms with van der Waals surface area (Å²) < 4.78 is 0. The molecule has 0 amide bonds. The molecule has 0 aliphatic carbocycles. The van der Waals surface area contributed by atoms with Gasteiger partial charge in [-0.1, -0.05) is 0 Å². The molecule has 2 heteroatoms. The van der Waals surface area contributed by atoms with Gasteiger partial charge >= 0.3 is 0 Å². The molecule has 0 bridgehead atoms. The van der Waals surface area contributed by atoms with Crippen molar-refractivity contribution in [3.63, 3.8) is 0 Å². The number of thioether (sulfide) groups is 1. The Labute approximate surface area is 47.5 Å². The molecule has 0 unspecified atom stereocenters. The Hall–Kier alpha value is -0.240. The van der Waals surface area contributed by atoms with Gasteiger partial charge in [-0.3, -0.25) is 4.99 Å². The van der Waals surface area contributed by atoms with Gasteiger partial charge in [0, 0.05) is 18.2 Å². The van der Waals surface area contributed by atoms with Gasteiger partial charge < -0.3 is 0 Å². The standard InChI is InChI=1S/C5H7NS/c1-2-6-3-5-7-4-1/h2-3,5H,1,4H2. The monoisotopic (exact) mass is 113 g/mol. The predicted molar refractivity (Wildman–Crippen MR) is 34.7 cm³/mol. The van der Waals surface area contributed by atoms with Crippen LogP contribution in [0.3, 0.4) is 0 Å². The van der Waals surface area contributed by atoms with E-state index < -0.39 is 0 Å². The molecule has 0 atom stereocenters. The molecule has 1 rings (SSSR count). The van der Waals surface area contributed by atoms with E-state index in [0.29, 0.717) is 0 Å². The van der Waals surface area contributed by atoms with Crippen LogP contribution in [0.1, 0.15) is 6.42 Å². The van der Waals surface area contributed by atoms with Crippen molar-refractivity contribution in [1.82, 2.24) is 0 Å². The lowest BCUT2D eigenvalue weighted by Crippen LogP contribution is -1.73. The van der Waals surface area contributed by atoms with E-state index in [2.05, 4.69) is 4.99 Å². The van der Waals surface area contributed by atoms with E-state index in [1.807, 2.05) is 29.6 Å². The molecule has 1 nitrogen and oxygen atoms in total. The van der Waals surface area contributed by atoms with E-state index in [1.54, 1.807) is 0 Å². The van der Waals surface area contributed by atoms with Crippen LogP contribution in [0.2, 0.25) is 0 Å². The molecule has 38 valence electrons. The number of hydrogen-bond acceptors (Lipinski definition) is 2.